The number of nitriles is 1. The number of carboxylic acids is 2. The van der Waals surface area contributed by atoms with Gasteiger partial charge in [0.15, 0.2) is 0 Å². The van der Waals surface area contributed by atoms with Crippen molar-refractivity contribution in [3.8, 4) is 6.07 Å². The number of nitrogens with zero attached hydrogens (tertiary/aromatic N) is 2. The largest absolute Gasteiger partial charge is 0.478 e. The first-order chi connectivity index (χ1) is 14.3. The molecule has 0 aromatic heterocycles. The number of nitrogens with one attached hydrogen (secondary N) is 1. The Balaban J connectivity index is 0.000000343. The van der Waals surface area contributed by atoms with E-state index in [2.05, 4.69) is 53.5 Å². The van der Waals surface area contributed by atoms with Crippen LogP contribution in [0.4, 0.5) is 11.4 Å². The molecule has 1 aliphatic heterocycles. The highest BCUT2D eigenvalue weighted by Crippen LogP contribution is 2.48. The predicted octanol–water partition coefficient (Wildman–Crippen LogP) is 3.73. The summed E-state index contributed by atoms with van der Waals surface area (Å²) in [5, 5.41) is 28.1. The van der Waals surface area contributed by atoms with E-state index in [0.717, 1.165) is 18.8 Å². The Labute approximate surface area is 179 Å². The first-order valence-electron chi connectivity index (χ1n) is 9.22. The number of hydrogen-bond donors (Lipinski definition) is 3. The molecule has 2 aromatic rings. The van der Waals surface area contributed by atoms with Gasteiger partial charge in [0, 0.05) is 28.5 Å². The van der Waals surface area contributed by atoms with Crippen LogP contribution in [-0.4, -0.2) is 42.3 Å². The third-order valence-electron chi connectivity index (χ3n) is 4.17. The zero-order valence-electron chi connectivity index (χ0n) is 16.7. The van der Waals surface area contributed by atoms with Gasteiger partial charge in [0.2, 0.25) is 0 Å². The fourth-order valence-corrected chi connectivity index (χ4v) is 4.04. The van der Waals surface area contributed by atoms with Crippen molar-refractivity contribution in [2.75, 3.05) is 25.0 Å². The smallest absolute Gasteiger partial charge is 0.328 e. The molecule has 3 N–H and O–H groups in total. The van der Waals surface area contributed by atoms with Crippen LogP contribution in [0.5, 0.6) is 0 Å². The van der Waals surface area contributed by atoms with E-state index in [1.807, 2.05) is 19.2 Å². The predicted molar refractivity (Wildman–Crippen MR) is 116 cm³/mol. The molecule has 0 bridgehead atoms. The van der Waals surface area contributed by atoms with Crippen LogP contribution < -0.4 is 10.2 Å². The number of aliphatic carboxylic acids is 2. The van der Waals surface area contributed by atoms with Gasteiger partial charge in [-0.15, -0.1) is 0 Å². The topological polar surface area (TPSA) is 114 Å². The summed E-state index contributed by atoms with van der Waals surface area (Å²) in [6.07, 6.45) is 1.12. The molecule has 1 atom stereocenters. The highest BCUT2D eigenvalue weighted by Gasteiger charge is 2.24. The van der Waals surface area contributed by atoms with Crippen molar-refractivity contribution in [3.63, 3.8) is 0 Å². The van der Waals surface area contributed by atoms with Gasteiger partial charge in [-0.3, -0.25) is 0 Å². The second-order valence-corrected chi connectivity index (χ2v) is 7.73. The van der Waals surface area contributed by atoms with Gasteiger partial charge in [-0.2, -0.15) is 5.26 Å². The van der Waals surface area contributed by atoms with E-state index in [4.69, 9.17) is 10.2 Å². The summed E-state index contributed by atoms with van der Waals surface area (Å²) in [6, 6.07) is 16.7. The lowest BCUT2D eigenvalue weighted by atomic mass is 10.1. The molecule has 0 aliphatic carbocycles. The SMILES string of the molecule is CNCC(C)CN1c2ccccc2Sc2ccc(C#N)cc21.O=C(O)/C=C\C(=O)O. The van der Waals surface area contributed by atoms with Crippen LogP contribution in [0.15, 0.2) is 64.4 Å². The van der Waals surface area contributed by atoms with Crippen molar-refractivity contribution in [1.29, 1.82) is 5.26 Å². The van der Waals surface area contributed by atoms with Crippen molar-refractivity contribution in [2.45, 2.75) is 16.7 Å². The van der Waals surface area contributed by atoms with E-state index in [0.29, 0.717) is 23.6 Å². The molecule has 156 valence electrons. The van der Waals surface area contributed by atoms with Gasteiger partial charge in [0.25, 0.3) is 0 Å². The van der Waals surface area contributed by atoms with Gasteiger partial charge in [-0.25, -0.2) is 9.59 Å². The molecule has 1 heterocycles. The Bertz CT molecular complexity index is 969. The van der Waals surface area contributed by atoms with Gasteiger partial charge in [0.05, 0.1) is 23.0 Å². The summed E-state index contributed by atoms with van der Waals surface area (Å²) in [4.78, 5) is 23.9. The number of carboxylic acid groups (broad SMARTS) is 2. The Morgan fingerprint density at radius 3 is 2.37 bits per heavy atom. The number of rotatable bonds is 6. The number of para-hydroxylation sites is 1. The van der Waals surface area contributed by atoms with E-state index in [1.54, 1.807) is 11.8 Å². The third-order valence-corrected chi connectivity index (χ3v) is 5.30. The first kappa shape index (κ1) is 23.0. The molecule has 0 spiro atoms. The minimum Gasteiger partial charge on any atom is -0.478 e. The van der Waals surface area contributed by atoms with Crippen LogP contribution in [-0.2, 0) is 9.59 Å². The molecule has 30 heavy (non-hydrogen) atoms. The van der Waals surface area contributed by atoms with E-state index in [1.165, 1.54) is 15.5 Å². The average Bonchev–Trinajstić information content (AvgIpc) is 2.72. The fraction of sp³-hybridized carbons (Fsp3) is 0.227. The normalized spacial score (nSPS) is 12.8. The highest BCUT2D eigenvalue weighted by molar-refractivity contribution is 7.99. The molecule has 0 amide bonds. The zero-order chi connectivity index (χ0) is 22.1. The van der Waals surface area contributed by atoms with Crippen molar-refractivity contribution < 1.29 is 19.8 Å². The van der Waals surface area contributed by atoms with Crippen molar-refractivity contribution in [2.24, 2.45) is 5.92 Å². The molecule has 0 radical (unpaired) electrons. The minimum atomic E-state index is -1.26. The van der Waals surface area contributed by atoms with Gasteiger partial charge in [-0.1, -0.05) is 30.8 Å². The lowest BCUT2D eigenvalue weighted by molar-refractivity contribution is -0.134. The number of anilines is 2. The molecular weight excluding hydrogens is 402 g/mol. The average molecular weight is 426 g/mol. The van der Waals surface area contributed by atoms with Crippen LogP contribution in [0.3, 0.4) is 0 Å². The second-order valence-electron chi connectivity index (χ2n) is 6.65. The third kappa shape index (κ3) is 6.37. The molecule has 1 aliphatic rings. The van der Waals surface area contributed by atoms with Crippen LogP contribution in [0.2, 0.25) is 0 Å². The van der Waals surface area contributed by atoms with E-state index < -0.39 is 11.9 Å². The molecule has 7 nitrogen and oxygen atoms in total. The zero-order valence-corrected chi connectivity index (χ0v) is 17.5. The molecule has 8 heteroatoms. The number of fused-ring (bicyclic) bond motifs is 2. The lowest BCUT2D eigenvalue weighted by Gasteiger charge is -2.34. The molecule has 0 fully saturated rings. The van der Waals surface area contributed by atoms with E-state index in [9.17, 15) is 14.9 Å². The Kier molecular flexibility index (Phi) is 8.47. The van der Waals surface area contributed by atoms with Crippen molar-refractivity contribution in [3.05, 3.63) is 60.2 Å². The van der Waals surface area contributed by atoms with Gasteiger partial charge >= 0.3 is 11.9 Å². The summed E-state index contributed by atoms with van der Waals surface area (Å²) in [6.45, 7) is 4.15. The molecule has 0 saturated carbocycles. The Hall–Kier alpha value is -3.28. The maximum atomic E-state index is 9.55. The first-order valence-corrected chi connectivity index (χ1v) is 10.0. The van der Waals surface area contributed by atoms with Crippen molar-refractivity contribution in [1.82, 2.24) is 5.32 Å². The molecule has 0 saturated heterocycles. The van der Waals surface area contributed by atoms with Gasteiger partial charge in [0.1, 0.15) is 0 Å². The lowest BCUT2D eigenvalue weighted by Crippen LogP contribution is -2.30. The Morgan fingerprint density at radius 1 is 1.13 bits per heavy atom. The summed E-state index contributed by atoms with van der Waals surface area (Å²) in [7, 11) is 1.98. The van der Waals surface area contributed by atoms with Crippen molar-refractivity contribution >= 4 is 35.1 Å². The van der Waals surface area contributed by atoms with E-state index >= 15 is 0 Å². The van der Waals surface area contributed by atoms with Crippen LogP contribution in [0.25, 0.3) is 0 Å². The standard InChI is InChI=1S/C18H19N3S.C4H4O4/c1-13(11-20-2)12-21-15-5-3-4-6-17(15)22-18-8-7-14(10-19)9-16(18)21;5-3(6)1-2-4(7)8/h3-9,13,20H,11-12H2,1-2H3;1-2H,(H,5,6)(H,7,8)/b;2-1-. The number of hydrogen-bond acceptors (Lipinski definition) is 6. The highest BCUT2D eigenvalue weighted by atomic mass is 32.2. The maximum Gasteiger partial charge on any atom is 0.328 e. The molecular formula is C22H23N3O4S. The van der Waals surface area contributed by atoms with E-state index in [-0.39, 0.29) is 0 Å². The number of benzene rings is 2. The summed E-state index contributed by atoms with van der Waals surface area (Å²) < 4.78 is 0. The second kappa shape index (κ2) is 11.0. The molecule has 2 aromatic carbocycles. The summed E-state index contributed by atoms with van der Waals surface area (Å²) in [5.74, 6) is -2.00. The van der Waals surface area contributed by atoms with Crippen LogP contribution in [0.1, 0.15) is 12.5 Å². The summed E-state index contributed by atoms with van der Waals surface area (Å²) >= 11 is 1.78. The summed E-state index contributed by atoms with van der Waals surface area (Å²) in [5.41, 5.74) is 3.09. The van der Waals surface area contributed by atoms with Gasteiger partial charge in [-0.05, 0) is 49.8 Å². The fourth-order valence-electron chi connectivity index (χ4n) is 2.96. The van der Waals surface area contributed by atoms with Crippen LogP contribution >= 0.6 is 11.8 Å². The monoisotopic (exact) mass is 425 g/mol. The molecule has 1 unspecified atom stereocenters. The number of carbonyl (C=O) groups is 2. The molecule has 3 rings (SSSR count). The maximum absolute atomic E-state index is 9.55. The van der Waals surface area contributed by atoms with Crippen LogP contribution in [0, 0.1) is 17.2 Å². The quantitative estimate of drug-likeness (QED) is 0.600. The van der Waals surface area contributed by atoms with Gasteiger partial charge < -0.3 is 20.4 Å². The minimum absolute atomic E-state index is 0.514. The Morgan fingerprint density at radius 2 is 1.77 bits per heavy atom.